The van der Waals surface area contributed by atoms with E-state index in [0.29, 0.717) is 24.3 Å². The molecule has 0 saturated heterocycles. The second-order valence-corrected chi connectivity index (χ2v) is 6.35. The Morgan fingerprint density at radius 3 is 2.46 bits per heavy atom. The van der Waals surface area contributed by atoms with Gasteiger partial charge >= 0.3 is 5.97 Å². The van der Waals surface area contributed by atoms with E-state index in [1.54, 1.807) is 31.4 Å². The number of rotatable bonds is 7. The Balaban J connectivity index is 2.02. The summed E-state index contributed by atoms with van der Waals surface area (Å²) in [4.78, 5) is 24.3. The van der Waals surface area contributed by atoms with Gasteiger partial charge in [-0.3, -0.25) is 4.79 Å². The van der Waals surface area contributed by atoms with E-state index in [4.69, 9.17) is 9.47 Å². The minimum Gasteiger partial charge on any atom is -0.454 e. The molecule has 0 radical (unpaired) electrons. The SMILES string of the molecule is COCCn1c(C)cc(C(=O)COC(=O)c2ccc(Br)cc2)c1C. The number of carbonyl (C=O) groups is 2. The van der Waals surface area contributed by atoms with Crippen molar-refractivity contribution < 1.29 is 19.1 Å². The van der Waals surface area contributed by atoms with E-state index < -0.39 is 5.97 Å². The van der Waals surface area contributed by atoms with Crippen molar-refractivity contribution in [2.75, 3.05) is 20.3 Å². The predicted molar refractivity (Wildman–Crippen MR) is 94.5 cm³/mol. The standard InChI is InChI=1S/C18H20BrNO4/c1-12-10-16(13(2)20(12)8-9-23-3)17(21)11-24-18(22)14-4-6-15(19)7-5-14/h4-7,10H,8-9,11H2,1-3H3. The maximum Gasteiger partial charge on any atom is 0.338 e. The first-order valence-corrected chi connectivity index (χ1v) is 8.35. The van der Waals surface area contributed by atoms with E-state index in [2.05, 4.69) is 15.9 Å². The van der Waals surface area contributed by atoms with E-state index >= 15 is 0 Å². The maximum absolute atomic E-state index is 12.4. The highest BCUT2D eigenvalue weighted by Crippen LogP contribution is 2.16. The van der Waals surface area contributed by atoms with Crippen molar-refractivity contribution in [3.63, 3.8) is 0 Å². The number of ketones is 1. The molecule has 0 spiro atoms. The fourth-order valence-corrected chi connectivity index (χ4v) is 2.75. The number of halogens is 1. The molecule has 5 nitrogen and oxygen atoms in total. The van der Waals surface area contributed by atoms with Gasteiger partial charge < -0.3 is 14.0 Å². The molecule has 1 aromatic carbocycles. The van der Waals surface area contributed by atoms with Gasteiger partial charge in [0.1, 0.15) is 0 Å². The fraction of sp³-hybridized carbons (Fsp3) is 0.333. The first-order valence-electron chi connectivity index (χ1n) is 7.55. The lowest BCUT2D eigenvalue weighted by molar-refractivity contribution is 0.0474. The molecule has 0 saturated carbocycles. The van der Waals surface area contributed by atoms with Gasteiger partial charge in [0.05, 0.1) is 12.2 Å². The van der Waals surface area contributed by atoms with Crippen LogP contribution in [0.4, 0.5) is 0 Å². The van der Waals surface area contributed by atoms with Crippen molar-refractivity contribution in [3.05, 3.63) is 57.3 Å². The first kappa shape index (κ1) is 18.4. The molecule has 0 unspecified atom stereocenters. The van der Waals surface area contributed by atoms with Crippen molar-refractivity contribution in [2.45, 2.75) is 20.4 Å². The topological polar surface area (TPSA) is 57.5 Å². The van der Waals surface area contributed by atoms with Gasteiger partial charge in [-0.2, -0.15) is 0 Å². The molecule has 0 N–H and O–H groups in total. The van der Waals surface area contributed by atoms with Gasteiger partial charge in [0.2, 0.25) is 5.78 Å². The molecular formula is C18H20BrNO4. The van der Waals surface area contributed by atoms with Crippen LogP contribution in [0.1, 0.15) is 32.1 Å². The number of hydrogen-bond acceptors (Lipinski definition) is 4. The Morgan fingerprint density at radius 2 is 1.83 bits per heavy atom. The van der Waals surface area contributed by atoms with Crippen molar-refractivity contribution in [3.8, 4) is 0 Å². The molecule has 1 aromatic heterocycles. The number of carbonyl (C=O) groups excluding carboxylic acids is 2. The van der Waals surface area contributed by atoms with Gasteiger partial charge in [0, 0.05) is 35.1 Å². The van der Waals surface area contributed by atoms with Crippen LogP contribution in [0.2, 0.25) is 0 Å². The van der Waals surface area contributed by atoms with Gasteiger partial charge in [-0.25, -0.2) is 4.79 Å². The summed E-state index contributed by atoms with van der Waals surface area (Å²) < 4.78 is 13.1. The molecule has 0 atom stereocenters. The first-order chi connectivity index (χ1) is 11.4. The maximum atomic E-state index is 12.4. The Bertz CT molecular complexity index is 734. The number of esters is 1. The second kappa shape index (κ2) is 8.26. The van der Waals surface area contributed by atoms with Crippen molar-refractivity contribution in [1.82, 2.24) is 4.57 Å². The molecule has 1 heterocycles. The number of ether oxygens (including phenoxy) is 2. The average Bonchev–Trinajstić information content (AvgIpc) is 2.85. The number of hydrogen-bond donors (Lipinski definition) is 0. The molecule has 0 aliphatic carbocycles. The summed E-state index contributed by atoms with van der Waals surface area (Å²) in [6, 6.07) is 8.62. The van der Waals surface area contributed by atoms with Crippen molar-refractivity contribution in [2.24, 2.45) is 0 Å². The summed E-state index contributed by atoms with van der Waals surface area (Å²) in [7, 11) is 1.64. The van der Waals surface area contributed by atoms with Crippen LogP contribution in [0.5, 0.6) is 0 Å². The largest absolute Gasteiger partial charge is 0.454 e. The van der Waals surface area contributed by atoms with Crippen LogP contribution < -0.4 is 0 Å². The zero-order valence-corrected chi connectivity index (χ0v) is 15.6. The minimum atomic E-state index is -0.510. The lowest BCUT2D eigenvalue weighted by Crippen LogP contribution is -2.15. The van der Waals surface area contributed by atoms with E-state index in [9.17, 15) is 9.59 Å². The Kier molecular flexibility index (Phi) is 6.34. The summed E-state index contributed by atoms with van der Waals surface area (Å²) in [6.07, 6.45) is 0. The predicted octanol–water partition coefficient (Wildman–Crippen LogP) is 3.55. The third-order valence-corrected chi connectivity index (χ3v) is 4.34. The smallest absolute Gasteiger partial charge is 0.338 e. The number of Topliss-reactive ketones (excluding diaryl/α,β-unsaturated/α-hetero) is 1. The molecule has 0 amide bonds. The lowest BCUT2D eigenvalue weighted by atomic mass is 10.1. The van der Waals surface area contributed by atoms with Crippen LogP contribution in [0.25, 0.3) is 0 Å². The van der Waals surface area contributed by atoms with Crippen molar-refractivity contribution >= 4 is 27.7 Å². The summed E-state index contributed by atoms with van der Waals surface area (Å²) >= 11 is 3.30. The quantitative estimate of drug-likeness (QED) is 0.533. The molecule has 2 rings (SSSR count). The summed E-state index contributed by atoms with van der Waals surface area (Å²) in [6.45, 7) is 4.80. The molecule has 0 fully saturated rings. The summed E-state index contributed by atoms with van der Waals surface area (Å²) in [5.74, 6) is -0.721. The van der Waals surface area contributed by atoms with E-state index in [1.165, 1.54) is 0 Å². The second-order valence-electron chi connectivity index (χ2n) is 5.44. The molecule has 0 aliphatic rings. The summed E-state index contributed by atoms with van der Waals surface area (Å²) in [5.41, 5.74) is 2.82. The highest BCUT2D eigenvalue weighted by atomic mass is 79.9. The minimum absolute atomic E-state index is 0.211. The third kappa shape index (κ3) is 4.33. The van der Waals surface area contributed by atoms with Gasteiger partial charge in [-0.15, -0.1) is 0 Å². The van der Waals surface area contributed by atoms with Crippen LogP contribution >= 0.6 is 15.9 Å². The van der Waals surface area contributed by atoms with Gasteiger partial charge in [-0.05, 0) is 44.2 Å². The van der Waals surface area contributed by atoms with Crippen LogP contribution in [0.3, 0.4) is 0 Å². The molecule has 0 aliphatic heterocycles. The number of nitrogens with zero attached hydrogens (tertiary/aromatic N) is 1. The number of benzene rings is 1. The molecular weight excluding hydrogens is 374 g/mol. The van der Waals surface area contributed by atoms with E-state index in [-0.39, 0.29) is 12.4 Å². The van der Waals surface area contributed by atoms with Gasteiger partial charge in [-0.1, -0.05) is 15.9 Å². The Labute approximate surface area is 149 Å². The van der Waals surface area contributed by atoms with Gasteiger partial charge in [0.15, 0.2) is 6.61 Å². The Hall–Kier alpha value is -1.92. The van der Waals surface area contributed by atoms with Crippen LogP contribution in [-0.4, -0.2) is 36.6 Å². The van der Waals surface area contributed by atoms with E-state index in [1.807, 2.05) is 24.5 Å². The van der Waals surface area contributed by atoms with Crippen LogP contribution in [-0.2, 0) is 16.0 Å². The third-order valence-electron chi connectivity index (χ3n) is 3.81. The average molecular weight is 394 g/mol. The van der Waals surface area contributed by atoms with Crippen molar-refractivity contribution in [1.29, 1.82) is 0 Å². The highest BCUT2D eigenvalue weighted by molar-refractivity contribution is 9.10. The number of aromatic nitrogens is 1. The highest BCUT2D eigenvalue weighted by Gasteiger charge is 2.17. The molecule has 6 heteroatoms. The fourth-order valence-electron chi connectivity index (χ4n) is 2.49. The molecule has 24 heavy (non-hydrogen) atoms. The molecule has 0 bridgehead atoms. The van der Waals surface area contributed by atoms with Crippen LogP contribution in [0, 0.1) is 13.8 Å². The zero-order valence-electron chi connectivity index (χ0n) is 14.0. The van der Waals surface area contributed by atoms with Crippen LogP contribution in [0.15, 0.2) is 34.8 Å². The normalized spacial score (nSPS) is 10.7. The number of methoxy groups -OCH3 is 1. The summed E-state index contributed by atoms with van der Waals surface area (Å²) in [5, 5.41) is 0. The lowest BCUT2D eigenvalue weighted by Gasteiger charge is -2.09. The molecule has 2 aromatic rings. The van der Waals surface area contributed by atoms with E-state index in [0.717, 1.165) is 15.9 Å². The van der Waals surface area contributed by atoms with Gasteiger partial charge in [0.25, 0.3) is 0 Å². The zero-order chi connectivity index (χ0) is 17.7. The molecule has 128 valence electrons. The Morgan fingerprint density at radius 1 is 1.17 bits per heavy atom. The monoisotopic (exact) mass is 393 g/mol. The number of aryl methyl sites for hydroxylation is 1.